The largest absolute Gasteiger partial charge is 0.497 e. The van der Waals surface area contributed by atoms with E-state index in [9.17, 15) is 56.3 Å². The van der Waals surface area contributed by atoms with Crippen molar-refractivity contribution >= 4 is 70.2 Å². The number of methoxy groups -OCH3 is 3. The van der Waals surface area contributed by atoms with Crippen molar-refractivity contribution in [3.63, 3.8) is 0 Å². The molecule has 1 fully saturated rings. The van der Waals surface area contributed by atoms with Gasteiger partial charge in [-0.15, -0.1) is 5.10 Å². The van der Waals surface area contributed by atoms with Gasteiger partial charge in [-0.1, -0.05) is 73.7 Å². The molecule has 7 aromatic rings. The molecular formula is C73H88F3N13O17. The summed E-state index contributed by atoms with van der Waals surface area (Å²) >= 11 is 0. The van der Waals surface area contributed by atoms with Crippen molar-refractivity contribution in [1.29, 1.82) is 0 Å². The lowest BCUT2D eigenvalue weighted by atomic mass is 9.80. The molecule has 0 aliphatic carbocycles. The molecule has 568 valence electrons. The van der Waals surface area contributed by atoms with Gasteiger partial charge in [0.1, 0.15) is 29.2 Å². The van der Waals surface area contributed by atoms with E-state index in [1.807, 2.05) is 85.1 Å². The zero-order valence-corrected chi connectivity index (χ0v) is 59.8. The van der Waals surface area contributed by atoms with Crippen LogP contribution in [0.25, 0.3) is 11.2 Å². The number of carbonyl (C=O) groups excluding carboxylic acids is 8. The predicted molar refractivity (Wildman–Crippen MR) is 377 cm³/mol. The molecule has 3 atom stereocenters. The van der Waals surface area contributed by atoms with Crippen LogP contribution in [0.1, 0.15) is 110 Å². The third kappa shape index (κ3) is 23.4. The van der Waals surface area contributed by atoms with Crippen LogP contribution >= 0.6 is 0 Å². The monoisotopic (exact) mass is 1480 g/mol. The van der Waals surface area contributed by atoms with E-state index in [-0.39, 0.29) is 104 Å². The normalized spacial score (nSPS) is 13.9. The Balaban J connectivity index is 0.704. The Labute approximate surface area is 609 Å². The van der Waals surface area contributed by atoms with Crippen LogP contribution in [0.5, 0.6) is 11.5 Å². The number of hydrogen-bond acceptors (Lipinski definition) is 22. The van der Waals surface area contributed by atoms with Crippen LogP contribution in [0, 0.1) is 5.92 Å². The van der Waals surface area contributed by atoms with Crippen molar-refractivity contribution in [3.05, 3.63) is 160 Å². The van der Waals surface area contributed by atoms with Gasteiger partial charge in [-0.2, -0.15) is 18.2 Å². The summed E-state index contributed by atoms with van der Waals surface area (Å²) in [5.41, 5.74) is -0.0872. The highest BCUT2D eigenvalue weighted by Gasteiger charge is 2.45. The average molecular weight is 1480 g/mol. The third-order valence-electron chi connectivity index (χ3n) is 17.0. The van der Waals surface area contributed by atoms with E-state index < -0.39 is 83.6 Å². The molecule has 1 aliphatic rings. The van der Waals surface area contributed by atoms with Gasteiger partial charge in [0.2, 0.25) is 29.6 Å². The number of rotatable bonds is 41. The number of fused-ring (bicyclic) bond motifs is 1. The molecule has 0 spiro atoms. The van der Waals surface area contributed by atoms with Crippen LogP contribution in [0.2, 0.25) is 0 Å². The highest BCUT2D eigenvalue weighted by Crippen LogP contribution is 2.43. The van der Waals surface area contributed by atoms with E-state index in [0.717, 1.165) is 60.0 Å². The number of anilines is 2. The zero-order chi connectivity index (χ0) is 76.2. The number of nitrogens with one attached hydrogen (secondary N) is 5. The first-order valence-corrected chi connectivity index (χ1v) is 34.5. The molecule has 1 saturated heterocycles. The van der Waals surface area contributed by atoms with E-state index in [0.29, 0.717) is 88.1 Å². The fraction of sp³-hybridized carbons (Fsp3) is 0.452. The number of aromatic nitrogens is 7. The molecule has 8 rings (SSSR count). The summed E-state index contributed by atoms with van der Waals surface area (Å²) in [5, 5.41) is 18.7. The standard InChI is InChI=1S/C73H88F3N13O17/c1-47(2)66(94)83-71-82-65-64(68(96)84-71)80-53(42-79-65)44-89(70(98)73(74,75)76)54-23-17-48(18-24-54)67(95)81-59(69(97)101-6)29-30-61(91)78-33-11-35-102-37-39-104-40-38-103-36-12-34-87-43-52(85-86-87)15-10-16-62(92)88-45-58(106-63(93)32-31-60(90)77-3)41-55(88)46-105-72(49-13-8-7-9-14-49,50-19-25-56(99-4)26-20-50)51-21-27-57(100-5)28-22-51/h7-9,13-14,17-28,42-43,47,55,58-59H,10-12,15-16,29-41,44-46H2,1-6H3,(H,77,90)(H,78,91)(H,81,95)(H2,79,82,83,84,94,96)/t55-,58+,59-/m0/s1. The van der Waals surface area contributed by atoms with Gasteiger partial charge < -0.3 is 58.7 Å². The molecule has 33 heteroatoms. The smallest absolute Gasteiger partial charge is 0.471 e. The van der Waals surface area contributed by atoms with Crippen LogP contribution in [-0.2, 0) is 87.1 Å². The molecule has 4 heterocycles. The van der Waals surface area contributed by atoms with Gasteiger partial charge in [0, 0.05) is 82.4 Å². The van der Waals surface area contributed by atoms with Crippen molar-refractivity contribution in [2.24, 2.45) is 5.92 Å². The molecule has 106 heavy (non-hydrogen) atoms. The molecule has 0 bridgehead atoms. The lowest BCUT2D eigenvalue weighted by Gasteiger charge is -2.38. The number of esters is 2. The minimum Gasteiger partial charge on any atom is -0.497 e. The van der Waals surface area contributed by atoms with E-state index in [2.05, 4.69) is 51.5 Å². The quantitative estimate of drug-likeness (QED) is 0.0165. The fourth-order valence-electron chi connectivity index (χ4n) is 11.4. The van der Waals surface area contributed by atoms with E-state index in [1.165, 1.54) is 7.05 Å². The molecule has 5 N–H and O–H groups in total. The van der Waals surface area contributed by atoms with Crippen molar-refractivity contribution in [3.8, 4) is 11.5 Å². The molecule has 0 unspecified atom stereocenters. The Morgan fingerprint density at radius 1 is 0.726 bits per heavy atom. The number of H-pyrrole nitrogens is 1. The van der Waals surface area contributed by atoms with E-state index in [1.54, 1.807) is 37.6 Å². The molecule has 4 aromatic carbocycles. The second-order valence-electron chi connectivity index (χ2n) is 24.9. The second-order valence-corrected chi connectivity index (χ2v) is 24.9. The Morgan fingerprint density at radius 3 is 1.99 bits per heavy atom. The number of hydrogen-bond donors (Lipinski definition) is 5. The number of alkyl halides is 3. The number of amides is 6. The Hall–Kier alpha value is -10.8. The number of halogens is 3. The molecule has 0 radical (unpaired) electrons. The number of aromatic amines is 1. The van der Waals surface area contributed by atoms with E-state index >= 15 is 0 Å². The van der Waals surface area contributed by atoms with Gasteiger partial charge in [-0.3, -0.25) is 58.2 Å². The van der Waals surface area contributed by atoms with Crippen LogP contribution in [0.15, 0.2) is 120 Å². The summed E-state index contributed by atoms with van der Waals surface area (Å²) in [7, 11) is 5.79. The minimum absolute atomic E-state index is 0.0271. The first-order valence-electron chi connectivity index (χ1n) is 34.5. The summed E-state index contributed by atoms with van der Waals surface area (Å²) < 4.78 is 89.4. The third-order valence-corrected chi connectivity index (χ3v) is 17.0. The van der Waals surface area contributed by atoms with Crippen molar-refractivity contribution < 1.29 is 89.4 Å². The highest BCUT2D eigenvalue weighted by atomic mass is 19.4. The van der Waals surface area contributed by atoms with Gasteiger partial charge in [-0.25, -0.2) is 14.8 Å². The highest BCUT2D eigenvalue weighted by molar-refractivity contribution is 6.00. The summed E-state index contributed by atoms with van der Waals surface area (Å²) in [4.78, 5) is 132. The lowest BCUT2D eigenvalue weighted by Crippen LogP contribution is -2.42. The van der Waals surface area contributed by atoms with Gasteiger partial charge in [-0.05, 0) is 97.3 Å². The summed E-state index contributed by atoms with van der Waals surface area (Å²) in [5.74, 6) is -5.18. The second kappa shape index (κ2) is 39.9. The van der Waals surface area contributed by atoms with Crippen LogP contribution < -0.4 is 41.2 Å². The Kier molecular flexibility index (Phi) is 30.5. The Morgan fingerprint density at radius 2 is 1.37 bits per heavy atom. The fourth-order valence-corrected chi connectivity index (χ4v) is 11.4. The SMILES string of the molecule is CNC(=O)CCC(=O)O[C@@H]1C[C@@H](COC(c2ccccc2)(c2ccc(OC)cc2)c2ccc(OC)cc2)N(C(=O)CCCc2cn(CCCOCCOCCOCCCNC(=O)CC[C@H](NC(=O)c3ccc(N(Cc4cnc5nc(NC(=O)C(C)C)[nH]c(=O)c5n4)C(=O)C(F)(F)F)cc3)C(=O)OC)nn2)C1. The van der Waals surface area contributed by atoms with Gasteiger partial charge >= 0.3 is 24.0 Å². The lowest BCUT2D eigenvalue weighted by molar-refractivity contribution is -0.170. The van der Waals surface area contributed by atoms with Crippen LogP contribution in [-0.4, -0.2) is 199 Å². The zero-order valence-electron chi connectivity index (χ0n) is 59.8. The van der Waals surface area contributed by atoms with Crippen LogP contribution in [0.4, 0.5) is 24.8 Å². The maximum Gasteiger partial charge on any atom is 0.471 e. The first-order chi connectivity index (χ1) is 51.0. The predicted octanol–water partition coefficient (Wildman–Crippen LogP) is 6.08. The van der Waals surface area contributed by atoms with Crippen LogP contribution in [0.3, 0.4) is 0 Å². The van der Waals surface area contributed by atoms with Crippen molar-refractivity contribution in [1.82, 2.24) is 55.8 Å². The number of ether oxygens (including phenoxy) is 8. The molecule has 1 aliphatic heterocycles. The minimum atomic E-state index is -5.36. The van der Waals surface area contributed by atoms with Gasteiger partial charge in [0.05, 0.1) is 97.5 Å². The summed E-state index contributed by atoms with van der Waals surface area (Å²) in [6.07, 6.45) is -1.08. The van der Waals surface area contributed by atoms with E-state index in [4.69, 9.17) is 37.9 Å². The summed E-state index contributed by atoms with van der Waals surface area (Å²) in [6, 6.07) is 27.7. The van der Waals surface area contributed by atoms with Crippen molar-refractivity contribution in [2.45, 2.75) is 121 Å². The maximum absolute atomic E-state index is 14.3. The number of benzene rings is 4. The maximum atomic E-state index is 14.3. The Bertz CT molecular complexity index is 4080. The van der Waals surface area contributed by atoms with Gasteiger partial charge in [0.15, 0.2) is 11.2 Å². The molecule has 0 saturated carbocycles. The molecular weight excluding hydrogens is 1390 g/mol. The number of nitrogens with zero attached hydrogens (tertiary/aromatic N) is 8. The van der Waals surface area contributed by atoms with Gasteiger partial charge in [0.25, 0.3) is 11.5 Å². The number of carbonyl (C=O) groups is 8. The first kappa shape index (κ1) is 80.9. The van der Waals surface area contributed by atoms with Crippen molar-refractivity contribution in [2.75, 3.05) is 97.9 Å². The average Bonchev–Trinajstić information content (AvgIpc) is 1.36. The number of likely N-dealkylation sites (tertiary alicyclic amines) is 1. The molecule has 30 nitrogen and oxygen atoms in total. The molecule has 6 amide bonds. The topological polar surface area (TPSA) is 367 Å². The molecule has 3 aromatic heterocycles. The number of aryl methyl sites for hydroxylation is 2. The summed E-state index contributed by atoms with van der Waals surface area (Å²) in [6.45, 7) is 5.42.